The number of thiazole rings is 1. The zero-order valence-electron chi connectivity index (χ0n) is 22.7. The number of esters is 1. The average Bonchev–Trinajstić information content (AvgIpc) is 3.35. The Kier molecular flexibility index (Phi) is 9.18. The van der Waals surface area contributed by atoms with Crippen molar-refractivity contribution in [2.45, 2.75) is 117 Å². The zero-order chi connectivity index (χ0) is 26.8. The standard InChI is InChI=1S/C28H43NO6S/c1-8-28-14-21(17(3)12-20-15-36-19(5)29-20)34-24(31)13-22(30)27(6,7)26(33)18(4)25(32)16(2)10-9-11-23(28)35-28/h12,15-16,18,21-23,25,30,32H,8-11,13-14H2,1-7H3/t16-,18+,21-,22-,23+,25-,28+/m0/s1. The predicted octanol–water partition coefficient (Wildman–Crippen LogP) is 4.87. The molecule has 2 aliphatic heterocycles. The third-order valence-corrected chi connectivity index (χ3v) is 9.08. The number of hydrogen-bond donors (Lipinski definition) is 2. The number of ether oxygens (including phenoxy) is 2. The van der Waals surface area contributed by atoms with Crippen LogP contribution in [0, 0.1) is 24.2 Å². The first-order valence-electron chi connectivity index (χ1n) is 13.2. The summed E-state index contributed by atoms with van der Waals surface area (Å²) in [6.07, 6.45) is 2.96. The third kappa shape index (κ3) is 6.44. The molecule has 0 aromatic carbocycles. The molecule has 2 N–H and O–H groups in total. The first kappa shape index (κ1) is 29.0. The van der Waals surface area contributed by atoms with E-state index < -0.39 is 35.6 Å². The fraction of sp³-hybridized carbons (Fsp3) is 0.750. The Morgan fingerprint density at radius 1 is 1.25 bits per heavy atom. The summed E-state index contributed by atoms with van der Waals surface area (Å²) in [5.41, 5.74) is 0.125. The van der Waals surface area contributed by atoms with Crippen molar-refractivity contribution in [3.63, 3.8) is 0 Å². The molecular weight excluding hydrogens is 478 g/mol. The normalized spacial score (nSPS) is 36.8. The number of carbonyl (C=O) groups is 2. The van der Waals surface area contributed by atoms with Gasteiger partial charge in [0, 0.05) is 17.7 Å². The summed E-state index contributed by atoms with van der Waals surface area (Å²) in [5, 5.41) is 24.7. The molecule has 36 heavy (non-hydrogen) atoms. The number of aromatic nitrogens is 1. The molecule has 2 aliphatic rings. The monoisotopic (exact) mass is 521 g/mol. The molecule has 3 rings (SSSR count). The molecule has 3 heterocycles. The van der Waals surface area contributed by atoms with Crippen LogP contribution in [0.15, 0.2) is 11.0 Å². The Morgan fingerprint density at radius 2 is 1.94 bits per heavy atom. The number of aliphatic hydroxyl groups excluding tert-OH is 2. The van der Waals surface area contributed by atoms with E-state index in [1.807, 2.05) is 32.2 Å². The van der Waals surface area contributed by atoms with E-state index in [1.54, 1.807) is 32.1 Å². The minimum Gasteiger partial charge on any atom is -0.458 e. The minimum atomic E-state index is -1.23. The second-order valence-electron chi connectivity index (χ2n) is 11.4. The van der Waals surface area contributed by atoms with E-state index >= 15 is 0 Å². The van der Waals surface area contributed by atoms with Gasteiger partial charge in [0.2, 0.25) is 0 Å². The van der Waals surface area contributed by atoms with Crippen LogP contribution in [-0.2, 0) is 19.1 Å². The number of aryl methyl sites for hydroxylation is 1. The van der Waals surface area contributed by atoms with Gasteiger partial charge >= 0.3 is 5.97 Å². The van der Waals surface area contributed by atoms with Crippen LogP contribution in [0.3, 0.4) is 0 Å². The Morgan fingerprint density at radius 3 is 2.56 bits per heavy atom. The van der Waals surface area contributed by atoms with Gasteiger partial charge in [-0.25, -0.2) is 4.98 Å². The largest absolute Gasteiger partial charge is 0.458 e. The Balaban J connectivity index is 1.89. The van der Waals surface area contributed by atoms with Crippen LogP contribution in [0.2, 0.25) is 0 Å². The van der Waals surface area contributed by atoms with Crippen LogP contribution in [0.4, 0.5) is 0 Å². The number of cyclic esters (lactones) is 1. The summed E-state index contributed by atoms with van der Waals surface area (Å²) >= 11 is 1.56. The van der Waals surface area contributed by atoms with Gasteiger partial charge in [0.25, 0.3) is 0 Å². The first-order chi connectivity index (χ1) is 16.8. The van der Waals surface area contributed by atoms with E-state index in [1.165, 1.54) is 0 Å². The van der Waals surface area contributed by atoms with E-state index in [4.69, 9.17) is 9.47 Å². The van der Waals surface area contributed by atoms with Crippen LogP contribution in [0.1, 0.15) is 90.8 Å². The molecular formula is C28H43NO6S. The smallest absolute Gasteiger partial charge is 0.309 e. The average molecular weight is 522 g/mol. The lowest BCUT2D eigenvalue weighted by Gasteiger charge is -2.34. The molecule has 7 atom stereocenters. The molecule has 0 bridgehead atoms. The van der Waals surface area contributed by atoms with E-state index in [2.05, 4.69) is 11.9 Å². The molecule has 0 aliphatic carbocycles. The summed E-state index contributed by atoms with van der Waals surface area (Å²) in [7, 11) is 0. The highest BCUT2D eigenvalue weighted by molar-refractivity contribution is 7.09. The maximum absolute atomic E-state index is 13.2. The molecule has 1 aromatic heterocycles. The number of aliphatic hydroxyl groups is 2. The first-order valence-corrected chi connectivity index (χ1v) is 14.1. The molecule has 1 aromatic rings. The summed E-state index contributed by atoms with van der Waals surface area (Å²) in [4.78, 5) is 30.8. The van der Waals surface area contributed by atoms with Crippen LogP contribution in [0.5, 0.6) is 0 Å². The zero-order valence-corrected chi connectivity index (χ0v) is 23.6. The van der Waals surface area contributed by atoms with Crippen molar-refractivity contribution in [2.75, 3.05) is 0 Å². The Hall–Kier alpha value is -1.61. The SMILES string of the molecule is CC[C@@]12C[C@@H](C(C)=Cc3csc(C)n3)OC(=O)C[C@H](O)C(C)(C)C(=O)[C@H](C)[C@@H](O)[C@@H](C)CCC[C@H]1O2. The molecule has 202 valence electrons. The number of nitrogens with zero attached hydrogens (tertiary/aromatic N) is 1. The number of rotatable bonds is 3. The Bertz CT molecular complexity index is 971. The van der Waals surface area contributed by atoms with Gasteiger partial charge in [-0.1, -0.05) is 41.0 Å². The number of fused-ring (bicyclic) bond motifs is 1. The van der Waals surface area contributed by atoms with Crippen molar-refractivity contribution in [2.24, 2.45) is 17.3 Å². The van der Waals surface area contributed by atoms with Gasteiger partial charge in [-0.05, 0) is 50.7 Å². The van der Waals surface area contributed by atoms with Gasteiger partial charge in [-0.2, -0.15) is 0 Å². The van der Waals surface area contributed by atoms with Crippen LogP contribution >= 0.6 is 11.3 Å². The summed E-state index contributed by atoms with van der Waals surface area (Å²) in [6.45, 7) is 12.9. The van der Waals surface area contributed by atoms with Crippen molar-refractivity contribution in [3.05, 3.63) is 21.7 Å². The van der Waals surface area contributed by atoms with Crippen molar-refractivity contribution < 1.29 is 29.3 Å². The van der Waals surface area contributed by atoms with Gasteiger partial charge < -0.3 is 19.7 Å². The van der Waals surface area contributed by atoms with E-state index in [9.17, 15) is 19.8 Å². The quantitative estimate of drug-likeness (QED) is 0.431. The Labute approximate surface area is 219 Å². The maximum Gasteiger partial charge on any atom is 0.309 e. The second-order valence-corrected chi connectivity index (χ2v) is 12.4. The lowest BCUT2D eigenvalue weighted by atomic mass is 9.73. The molecule has 0 radical (unpaired) electrons. The highest BCUT2D eigenvalue weighted by atomic mass is 32.1. The van der Waals surface area contributed by atoms with E-state index in [-0.39, 0.29) is 29.8 Å². The lowest BCUT2D eigenvalue weighted by Crippen LogP contribution is -2.45. The van der Waals surface area contributed by atoms with Gasteiger partial charge in [0.05, 0.1) is 46.5 Å². The summed E-state index contributed by atoms with van der Waals surface area (Å²) in [6, 6.07) is 0. The molecule has 0 saturated carbocycles. The third-order valence-electron chi connectivity index (χ3n) is 8.29. The molecule has 8 heteroatoms. The predicted molar refractivity (Wildman–Crippen MR) is 140 cm³/mol. The van der Waals surface area contributed by atoms with Gasteiger partial charge in [-0.3, -0.25) is 9.59 Å². The van der Waals surface area contributed by atoms with E-state index in [0.717, 1.165) is 42.0 Å². The van der Waals surface area contributed by atoms with E-state index in [0.29, 0.717) is 6.42 Å². The lowest BCUT2D eigenvalue weighted by molar-refractivity contribution is -0.154. The molecule has 0 amide bonds. The van der Waals surface area contributed by atoms with Crippen molar-refractivity contribution in [3.8, 4) is 0 Å². The highest BCUT2D eigenvalue weighted by Gasteiger charge is 2.56. The van der Waals surface area contributed by atoms with Crippen LogP contribution in [-0.4, -0.2) is 57.0 Å². The van der Waals surface area contributed by atoms with Crippen molar-refractivity contribution in [1.82, 2.24) is 4.98 Å². The molecule has 7 nitrogen and oxygen atoms in total. The fourth-order valence-corrected chi connectivity index (χ4v) is 5.97. The van der Waals surface area contributed by atoms with Gasteiger partial charge in [-0.15, -0.1) is 11.3 Å². The summed E-state index contributed by atoms with van der Waals surface area (Å²) < 4.78 is 12.2. The van der Waals surface area contributed by atoms with Gasteiger partial charge in [0.1, 0.15) is 11.9 Å². The number of ketones is 1. The van der Waals surface area contributed by atoms with Crippen molar-refractivity contribution in [1.29, 1.82) is 0 Å². The number of epoxide rings is 1. The number of Topliss-reactive ketones (excluding diaryl/α,β-unsaturated/α-hetero) is 1. The van der Waals surface area contributed by atoms with Crippen LogP contribution in [0.25, 0.3) is 6.08 Å². The molecule has 2 fully saturated rings. The minimum absolute atomic E-state index is 0.0657. The molecule has 0 spiro atoms. The summed E-state index contributed by atoms with van der Waals surface area (Å²) in [5.74, 6) is -1.53. The topological polar surface area (TPSA) is 109 Å². The molecule has 2 saturated heterocycles. The fourth-order valence-electron chi connectivity index (χ4n) is 5.40. The van der Waals surface area contributed by atoms with Gasteiger partial charge in [0.15, 0.2) is 0 Å². The molecule has 0 unspecified atom stereocenters. The highest BCUT2D eigenvalue weighted by Crippen LogP contribution is 2.48. The maximum atomic E-state index is 13.2. The number of hydrogen-bond acceptors (Lipinski definition) is 8. The van der Waals surface area contributed by atoms with Crippen LogP contribution < -0.4 is 0 Å². The van der Waals surface area contributed by atoms with Crippen molar-refractivity contribution >= 4 is 29.2 Å². The second kappa shape index (κ2) is 11.4. The number of carbonyl (C=O) groups excluding carboxylic acids is 2.